The molecule has 0 amide bonds. The first kappa shape index (κ1) is 13.7. The summed E-state index contributed by atoms with van der Waals surface area (Å²) in [6.45, 7) is 4.27. The molecule has 1 heterocycles. The largest absolute Gasteiger partial charge is 0.437 e. The predicted octanol–water partition coefficient (Wildman–Crippen LogP) is 2.89. The molecule has 0 fully saturated rings. The second-order valence-electron chi connectivity index (χ2n) is 4.11. The Kier molecular flexibility index (Phi) is 4.67. The highest BCUT2D eigenvalue weighted by Gasteiger charge is 2.06. The maximum Gasteiger partial charge on any atom is 0.256 e. The van der Waals surface area contributed by atoms with Crippen LogP contribution in [0.1, 0.15) is 22.6 Å². The van der Waals surface area contributed by atoms with Crippen LogP contribution in [0, 0.1) is 25.7 Å². The summed E-state index contributed by atoms with van der Waals surface area (Å²) in [4.78, 5) is 4.34. The Hall–Kier alpha value is -1.70. The molecule has 0 aliphatic rings. The van der Waals surface area contributed by atoms with E-state index in [9.17, 15) is 0 Å². The van der Waals surface area contributed by atoms with Gasteiger partial charge in [-0.25, -0.2) is 4.98 Å². The molecular formula is C15H16N2OS. The zero-order chi connectivity index (χ0) is 13.7. The van der Waals surface area contributed by atoms with Gasteiger partial charge in [0.05, 0.1) is 12.2 Å². The third-order valence-corrected chi connectivity index (χ3v) is 3.56. The minimum Gasteiger partial charge on any atom is -0.437 e. The summed E-state index contributed by atoms with van der Waals surface area (Å²) in [7, 11) is 0. The Bertz CT molecular complexity index is 586. The van der Waals surface area contributed by atoms with Gasteiger partial charge in [0.1, 0.15) is 5.76 Å². The molecule has 1 aromatic carbocycles. The number of hydrogen-bond donors (Lipinski definition) is 1. The molecule has 3 nitrogen and oxygen atoms in total. The molecule has 0 saturated heterocycles. The van der Waals surface area contributed by atoms with Crippen molar-refractivity contribution in [1.82, 2.24) is 4.98 Å². The van der Waals surface area contributed by atoms with Gasteiger partial charge in [-0.1, -0.05) is 35.7 Å². The Labute approximate surface area is 117 Å². The third-order valence-electron chi connectivity index (χ3n) is 2.66. The van der Waals surface area contributed by atoms with E-state index < -0.39 is 0 Å². The number of nitrogens with zero attached hydrogens (tertiary/aromatic N) is 1. The average molecular weight is 272 g/mol. The van der Waals surface area contributed by atoms with Crippen molar-refractivity contribution in [3.63, 3.8) is 0 Å². The van der Waals surface area contributed by atoms with Gasteiger partial charge in [0, 0.05) is 11.3 Å². The van der Waals surface area contributed by atoms with Gasteiger partial charge in [0.15, 0.2) is 0 Å². The average Bonchev–Trinajstić information content (AvgIpc) is 2.74. The lowest BCUT2D eigenvalue weighted by Gasteiger charge is -1.98. The van der Waals surface area contributed by atoms with Crippen LogP contribution in [0.15, 0.2) is 33.9 Å². The van der Waals surface area contributed by atoms with Crippen molar-refractivity contribution in [2.75, 3.05) is 6.54 Å². The number of aromatic nitrogens is 1. The van der Waals surface area contributed by atoms with E-state index in [2.05, 4.69) is 29.0 Å². The molecule has 4 heteroatoms. The molecule has 0 bridgehead atoms. The lowest BCUT2D eigenvalue weighted by Crippen LogP contribution is -1.93. The van der Waals surface area contributed by atoms with Crippen molar-refractivity contribution in [2.45, 2.75) is 24.8 Å². The van der Waals surface area contributed by atoms with Crippen LogP contribution in [0.5, 0.6) is 0 Å². The van der Waals surface area contributed by atoms with Crippen LogP contribution in [0.4, 0.5) is 0 Å². The Balaban J connectivity index is 1.96. The standard InChI is InChI=1S/C15H16N2OS/c1-11-12(2)18-15(17-11)19-10-14-7-5-13(6-8-14)4-3-9-16/h5-8H,9-10,16H2,1-2H3. The Morgan fingerprint density at radius 1 is 1.26 bits per heavy atom. The number of nitrogens with two attached hydrogens (primary N) is 1. The fourth-order valence-electron chi connectivity index (χ4n) is 1.49. The first-order valence-corrected chi connectivity index (χ1v) is 7.02. The van der Waals surface area contributed by atoms with Crippen molar-refractivity contribution in [1.29, 1.82) is 0 Å². The summed E-state index contributed by atoms with van der Waals surface area (Å²) in [6.07, 6.45) is 0. The van der Waals surface area contributed by atoms with Gasteiger partial charge >= 0.3 is 0 Å². The second-order valence-corrected chi connectivity index (χ2v) is 5.04. The maximum absolute atomic E-state index is 5.53. The van der Waals surface area contributed by atoms with Gasteiger partial charge in [0.2, 0.25) is 0 Å². The Morgan fingerprint density at radius 2 is 2.00 bits per heavy atom. The monoisotopic (exact) mass is 272 g/mol. The number of aryl methyl sites for hydroxylation is 2. The highest BCUT2D eigenvalue weighted by molar-refractivity contribution is 7.98. The maximum atomic E-state index is 5.53. The van der Waals surface area contributed by atoms with Crippen LogP contribution >= 0.6 is 11.8 Å². The van der Waals surface area contributed by atoms with E-state index in [4.69, 9.17) is 10.2 Å². The number of benzene rings is 1. The highest BCUT2D eigenvalue weighted by Crippen LogP contribution is 2.24. The summed E-state index contributed by atoms with van der Waals surface area (Å²) in [5.41, 5.74) is 8.50. The van der Waals surface area contributed by atoms with E-state index >= 15 is 0 Å². The quantitative estimate of drug-likeness (QED) is 0.689. The van der Waals surface area contributed by atoms with Gasteiger partial charge < -0.3 is 10.2 Å². The van der Waals surface area contributed by atoms with Gasteiger partial charge in [-0.05, 0) is 31.5 Å². The molecular weight excluding hydrogens is 256 g/mol. The molecule has 0 aliphatic carbocycles. The summed E-state index contributed by atoms with van der Waals surface area (Å²) < 4.78 is 5.53. The number of rotatable bonds is 3. The van der Waals surface area contributed by atoms with Crippen molar-refractivity contribution in [3.05, 3.63) is 46.8 Å². The third kappa shape index (κ3) is 3.88. The normalized spacial score (nSPS) is 10.1. The summed E-state index contributed by atoms with van der Waals surface area (Å²) in [6, 6.07) is 8.14. The van der Waals surface area contributed by atoms with Gasteiger partial charge in [-0.2, -0.15) is 0 Å². The topological polar surface area (TPSA) is 52.0 Å². The van der Waals surface area contributed by atoms with Crippen LogP contribution in [-0.2, 0) is 5.75 Å². The van der Waals surface area contributed by atoms with E-state index in [-0.39, 0.29) is 0 Å². The van der Waals surface area contributed by atoms with Crippen LogP contribution < -0.4 is 5.73 Å². The van der Waals surface area contributed by atoms with Gasteiger partial charge in [-0.15, -0.1) is 0 Å². The number of thioether (sulfide) groups is 1. The molecule has 0 atom stereocenters. The van der Waals surface area contributed by atoms with Crippen LogP contribution in [0.3, 0.4) is 0 Å². The Morgan fingerprint density at radius 3 is 2.58 bits per heavy atom. The van der Waals surface area contributed by atoms with E-state index in [1.165, 1.54) is 5.56 Å². The first-order valence-electron chi connectivity index (χ1n) is 6.03. The molecule has 19 heavy (non-hydrogen) atoms. The first-order chi connectivity index (χ1) is 9.19. The van der Waals surface area contributed by atoms with Crippen LogP contribution in [-0.4, -0.2) is 11.5 Å². The van der Waals surface area contributed by atoms with Crippen molar-refractivity contribution >= 4 is 11.8 Å². The molecule has 98 valence electrons. The number of hydrogen-bond acceptors (Lipinski definition) is 4. The molecule has 2 rings (SSSR count). The van der Waals surface area contributed by atoms with Crippen LogP contribution in [0.2, 0.25) is 0 Å². The summed E-state index contributed by atoms with van der Waals surface area (Å²) in [5.74, 6) is 7.56. The minimum absolute atomic E-state index is 0.389. The van der Waals surface area contributed by atoms with Gasteiger partial charge in [0.25, 0.3) is 5.22 Å². The van der Waals surface area contributed by atoms with Crippen molar-refractivity contribution in [3.8, 4) is 11.8 Å². The molecule has 0 spiro atoms. The van der Waals surface area contributed by atoms with E-state index in [1.54, 1.807) is 11.8 Å². The SMILES string of the molecule is Cc1nc(SCc2ccc(C#CCN)cc2)oc1C. The summed E-state index contributed by atoms with van der Waals surface area (Å²) >= 11 is 1.60. The van der Waals surface area contributed by atoms with Gasteiger partial charge in [-0.3, -0.25) is 0 Å². The fraction of sp³-hybridized carbons (Fsp3) is 0.267. The van der Waals surface area contributed by atoms with Crippen LogP contribution in [0.25, 0.3) is 0 Å². The lowest BCUT2D eigenvalue weighted by molar-refractivity contribution is 0.431. The molecule has 1 aromatic heterocycles. The smallest absolute Gasteiger partial charge is 0.256 e. The molecule has 0 aliphatic heterocycles. The minimum atomic E-state index is 0.389. The van der Waals surface area contributed by atoms with Crippen molar-refractivity contribution in [2.24, 2.45) is 5.73 Å². The molecule has 0 unspecified atom stereocenters. The summed E-state index contributed by atoms with van der Waals surface area (Å²) in [5, 5.41) is 0.724. The zero-order valence-corrected chi connectivity index (χ0v) is 11.9. The predicted molar refractivity (Wildman–Crippen MR) is 77.9 cm³/mol. The molecule has 0 saturated carbocycles. The second kappa shape index (κ2) is 6.46. The molecule has 2 N–H and O–H groups in total. The lowest BCUT2D eigenvalue weighted by atomic mass is 10.1. The fourth-order valence-corrected chi connectivity index (χ4v) is 2.36. The highest BCUT2D eigenvalue weighted by atomic mass is 32.2. The van der Waals surface area contributed by atoms with Crippen molar-refractivity contribution < 1.29 is 4.42 Å². The number of oxazole rings is 1. The van der Waals surface area contributed by atoms with E-state index in [0.717, 1.165) is 28.0 Å². The van der Waals surface area contributed by atoms with E-state index in [0.29, 0.717) is 6.54 Å². The molecule has 0 radical (unpaired) electrons. The molecule has 2 aromatic rings. The van der Waals surface area contributed by atoms with E-state index in [1.807, 2.05) is 26.0 Å². The zero-order valence-electron chi connectivity index (χ0n) is 11.1.